The molecule has 5 nitrogen and oxygen atoms in total. The van der Waals surface area contributed by atoms with Crippen LogP contribution in [0.2, 0.25) is 0 Å². The van der Waals surface area contributed by atoms with E-state index in [9.17, 15) is 8.42 Å². The Bertz CT molecular complexity index is 605. The van der Waals surface area contributed by atoms with Crippen molar-refractivity contribution in [3.63, 3.8) is 0 Å². The lowest BCUT2D eigenvalue weighted by Gasteiger charge is -2.28. The summed E-state index contributed by atoms with van der Waals surface area (Å²) in [5.74, 6) is 5.42. The fraction of sp³-hybridized carbons (Fsp3) is 0.600. The first-order chi connectivity index (χ1) is 9.82. The van der Waals surface area contributed by atoms with Gasteiger partial charge in [0.2, 0.25) is 10.0 Å². The van der Waals surface area contributed by atoms with Crippen molar-refractivity contribution >= 4 is 15.7 Å². The van der Waals surface area contributed by atoms with E-state index in [0.29, 0.717) is 4.90 Å². The fourth-order valence-electron chi connectivity index (χ4n) is 3.41. The third kappa shape index (κ3) is 2.80. The molecule has 1 fully saturated rings. The molecule has 0 bridgehead atoms. The molecule has 0 spiro atoms. The maximum absolute atomic E-state index is 13.1. The lowest BCUT2D eigenvalue weighted by molar-refractivity contribution is 0.328. The number of nitrogen functional groups attached to an aromatic ring is 1. The average molecular weight is 311 g/mol. The van der Waals surface area contributed by atoms with Gasteiger partial charge in [0.1, 0.15) is 0 Å². The zero-order valence-electron chi connectivity index (χ0n) is 13.2. The van der Waals surface area contributed by atoms with E-state index in [1.165, 1.54) is 0 Å². The average Bonchev–Trinajstić information content (AvgIpc) is 2.79. The topological polar surface area (TPSA) is 75.4 Å². The summed E-state index contributed by atoms with van der Waals surface area (Å²) in [4.78, 5) is 0.425. The van der Waals surface area contributed by atoms with Crippen LogP contribution >= 0.6 is 0 Å². The van der Waals surface area contributed by atoms with Crippen LogP contribution in [0.25, 0.3) is 0 Å². The first kappa shape index (κ1) is 16.3. The number of rotatable bonds is 4. The van der Waals surface area contributed by atoms with Crippen LogP contribution in [0.5, 0.6) is 0 Å². The van der Waals surface area contributed by atoms with Crippen molar-refractivity contribution in [2.75, 3.05) is 5.43 Å². The second kappa shape index (κ2) is 5.94. The monoisotopic (exact) mass is 311 g/mol. The number of nitrogens with zero attached hydrogens (tertiary/aromatic N) is 1. The molecule has 0 amide bonds. The third-order valence-corrected chi connectivity index (χ3v) is 6.72. The molecule has 0 aromatic heterocycles. The highest BCUT2D eigenvalue weighted by molar-refractivity contribution is 7.89. The minimum absolute atomic E-state index is 0.0612. The van der Waals surface area contributed by atoms with Gasteiger partial charge < -0.3 is 5.43 Å². The van der Waals surface area contributed by atoms with Crippen molar-refractivity contribution in [1.82, 2.24) is 4.31 Å². The Hall–Kier alpha value is -1.11. The lowest BCUT2D eigenvalue weighted by atomic mass is 10.1. The molecule has 1 aromatic rings. The van der Waals surface area contributed by atoms with Gasteiger partial charge in [-0.3, -0.25) is 5.84 Å². The van der Waals surface area contributed by atoms with E-state index in [1.807, 2.05) is 27.7 Å². The molecule has 0 radical (unpaired) electrons. The largest absolute Gasteiger partial charge is 0.324 e. The number of nitrogens with two attached hydrogens (primary N) is 1. The van der Waals surface area contributed by atoms with Crippen LogP contribution in [0.1, 0.15) is 44.2 Å². The summed E-state index contributed by atoms with van der Waals surface area (Å²) in [5, 5.41) is 0. The van der Waals surface area contributed by atoms with Crippen LogP contribution in [-0.2, 0) is 10.0 Å². The second-order valence-electron chi connectivity index (χ2n) is 5.91. The zero-order chi connectivity index (χ0) is 15.8. The molecular formula is C15H25N3O2S. The Morgan fingerprint density at radius 2 is 1.86 bits per heavy atom. The first-order valence-electron chi connectivity index (χ1n) is 7.44. The SMILES string of the molecule is CCC1CCC(C)N1S(=O)(=O)c1c(C)cc(NN)cc1C. The van der Waals surface area contributed by atoms with Crippen molar-refractivity contribution in [2.24, 2.45) is 5.84 Å². The molecular weight excluding hydrogens is 286 g/mol. The van der Waals surface area contributed by atoms with Crippen LogP contribution in [0.4, 0.5) is 5.69 Å². The number of aryl methyl sites for hydroxylation is 2. The van der Waals surface area contributed by atoms with Gasteiger partial charge in [0.15, 0.2) is 0 Å². The highest BCUT2D eigenvalue weighted by Crippen LogP contribution is 2.35. The molecule has 118 valence electrons. The molecule has 0 aliphatic carbocycles. The second-order valence-corrected chi connectivity index (χ2v) is 7.69. The molecule has 2 rings (SSSR count). The number of hydrogen-bond donors (Lipinski definition) is 2. The molecule has 6 heteroatoms. The number of hydrazine groups is 1. The van der Waals surface area contributed by atoms with Crippen molar-refractivity contribution in [3.05, 3.63) is 23.3 Å². The van der Waals surface area contributed by atoms with Gasteiger partial charge in [-0.05, 0) is 63.3 Å². The van der Waals surface area contributed by atoms with Gasteiger partial charge in [0.05, 0.1) is 4.90 Å². The summed E-state index contributed by atoms with van der Waals surface area (Å²) in [5.41, 5.74) is 4.77. The lowest BCUT2D eigenvalue weighted by Crippen LogP contribution is -2.40. The van der Waals surface area contributed by atoms with E-state index in [1.54, 1.807) is 16.4 Å². The van der Waals surface area contributed by atoms with Gasteiger partial charge in [0, 0.05) is 17.8 Å². The Morgan fingerprint density at radius 1 is 1.29 bits per heavy atom. The molecule has 1 heterocycles. The van der Waals surface area contributed by atoms with E-state index in [4.69, 9.17) is 5.84 Å². The van der Waals surface area contributed by atoms with Crippen molar-refractivity contribution in [1.29, 1.82) is 0 Å². The molecule has 1 aromatic carbocycles. The minimum atomic E-state index is -3.47. The van der Waals surface area contributed by atoms with Gasteiger partial charge in [-0.25, -0.2) is 8.42 Å². The fourth-order valence-corrected chi connectivity index (χ4v) is 5.78. The number of anilines is 1. The number of nitrogens with one attached hydrogen (secondary N) is 1. The zero-order valence-corrected chi connectivity index (χ0v) is 14.0. The maximum atomic E-state index is 13.1. The first-order valence-corrected chi connectivity index (χ1v) is 8.88. The van der Waals surface area contributed by atoms with E-state index in [2.05, 4.69) is 5.43 Å². The standard InChI is InChI=1S/C15H25N3O2S/c1-5-14-7-6-12(4)18(14)21(19,20)15-10(2)8-13(17-16)9-11(15)3/h8-9,12,14,17H,5-7,16H2,1-4H3. The van der Waals surface area contributed by atoms with Crippen molar-refractivity contribution in [3.8, 4) is 0 Å². The Balaban J connectivity index is 2.54. The Labute approximate surface area is 127 Å². The van der Waals surface area contributed by atoms with Crippen molar-refractivity contribution < 1.29 is 8.42 Å². The van der Waals surface area contributed by atoms with E-state index >= 15 is 0 Å². The molecule has 2 atom stereocenters. The number of hydrogen-bond acceptors (Lipinski definition) is 4. The van der Waals surface area contributed by atoms with E-state index in [0.717, 1.165) is 36.1 Å². The van der Waals surface area contributed by atoms with Gasteiger partial charge >= 0.3 is 0 Å². The summed E-state index contributed by atoms with van der Waals surface area (Å²) in [6.07, 6.45) is 2.72. The normalized spacial score (nSPS) is 23.5. The molecule has 1 aliphatic heterocycles. The minimum Gasteiger partial charge on any atom is -0.324 e. The number of benzene rings is 1. The molecule has 3 N–H and O–H groups in total. The Morgan fingerprint density at radius 3 is 2.33 bits per heavy atom. The van der Waals surface area contributed by atoms with Crippen LogP contribution in [-0.4, -0.2) is 24.8 Å². The summed E-state index contributed by atoms with van der Waals surface area (Å²) in [6, 6.07) is 3.73. The Kier molecular flexibility index (Phi) is 4.60. The maximum Gasteiger partial charge on any atom is 0.244 e. The molecule has 1 aliphatic rings. The highest BCUT2D eigenvalue weighted by atomic mass is 32.2. The van der Waals surface area contributed by atoms with Crippen LogP contribution in [0.3, 0.4) is 0 Å². The van der Waals surface area contributed by atoms with Crippen molar-refractivity contribution in [2.45, 2.75) is 63.9 Å². The summed E-state index contributed by atoms with van der Waals surface area (Å²) >= 11 is 0. The van der Waals surface area contributed by atoms with Gasteiger partial charge in [0.25, 0.3) is 0 Å². The quantitative estimate of drug-likeness (QED) is 0.662. The number of sulfonamides is 1. The van der Waals surface area contributed by atoms with Gasteiger partial charge in [-0.2, -0.15) is 4.31 Å². The van der Waals surface area contributed by atoms with Crippen LogP contribution in [0, 0.1) is 13.8 Å². The van der Waals surface area contributed by atoms with Gasteiger partial charge in [-0.1, -0.05) is 6.92 Å². The molecule has 2 unspecified atom stereocenters. The smallest absolute Gasteiger partial charge is 0.244 e. The van der Waals surface area contributed by atoms with Crippen LogP contribution < -0.4 is 11.3 Å². The predicted molar refractivity (Wildman–Crippen MR) is 85.5 cm³/mol. The third-order valence-electron chi connectivity index (χ3n) is 4.35. The van der Waals surface area contributed by atoms with Crippen LogP contribution in [0.15, 0.2) is 17.0 Å². The van der Waals surface area contributed by atoms with E-state index in [-0.39, 0.29) is 12.1 Å². The van der Waals surface area contributed by atoms with E-state index < -0.39 is 10.0 Å². The molecule has 1 saturated heterocycles. The summed E-state index contributed by atoms with van der Waals surface area (Å²) < 4.78 is 28.0. The molecule has 0 saturated carbocycles. The predicted octanol–water partition coefficient (Wildman–Crippen LogP) is 2.54. The molecule has 21 heavy (non-hydrogen) atoms. The summed E-state index contributed by atoms with van der Waals surface area (Å²) in [6.45, 7) is 7.69. The summed E-state index contributed by atoms with van der Waals surface area (Å²) in [7, 11) is -3.47. The highest BCUT2D eigenvalue weighted by Gasteiger charge is 2.40. The van der Waals surface area contributed by atoms with Gasteiger partial charge in [-0.15, -0.1) is 0 Å².